The van der Waals surface area contributed by atoms with Crippen LogP contribution in [0.3, 0.4) is 0 Å². The first-order valence-electron chi connectivity index (χ1n) is 9.04. The lowest BCUT2D eigenvalue weighted by Crippen LogP contribution is -2.30. The van der Waals surface area contributed by atoms with Gasteiger partial charge < -0.3 is 4.74 Å². The quantitative estimate of drug-likeness (QED) is 0.630. The monoisotopic (exact) mass is 357 g/mol. The first-order valence-corrected chi connectivity index (χ1v) is 9.04. The van der Waals surface area contributed by atoms with Crippen molar-refractivity contribution in [1.29, 1.82) is 5.26 Å². The second kappa shape index (κ2) is 8.01. The highest BCUT2D eigenvalue weighted by Crippen LogP contribution is 2.39. The van der Waals surface area contributed by atoms with E-state index in [1.807, 2.05) is 24.3 Å². The molecule has 1 aromatic heterocycles. The molecule has 0 saturated heterocycles. The van der Waals surface area contributed by atoms with E-state index in [1.165, 1.54) is 11.1 Å². The van der Waals surface area contributed by atoms with E-state index >= 15 is 0 Å². The van der Waals surface area contributed by atoms with Gasteiger partial charge in [0.15, 0.2) is 5.82 Å². The maximum Gasteiger partial charge on any atom is 0.166 e. The zero-order chi connectivity index (χ0) is 19.3. The van der Waals surface area contributed by atoms with Crippen molar-refractivity contribution in [1.82, 2.24) is 9.97 Å². The molecule has 2 aromatic carbocycles. The first kappa shape index (κ1) is 18.6. The SMILES string of the molecule is CC(C)C(C)(c1ccc(C#N)cc1)c1ccc(OCc2ncccn2)cc1. The second-order valence-electron chi connectivity index (χ2n) is 7.02. The molecule has 1 unspecified atom stereocenters. The molecule has 0 saturated carbocycles. The fourth-order valence-electron chi connectivity index (χ4n) is 3.17. The van der Waals surface area contributed by atoms with Crippen LogP contribution in [0.2, 0.25) is 0 Å². The third-order valence-corrected chi connectivity index (χ3v) is 5.21. The van der Waals surface area contributed by atoms with Gasteiger partial charge in [0.1, 0.15) is 12.4 Å². The predicted molar refractivity (Wildman–Crippen MR) is 105 cm³/mol. The molecule has 27 heavy (non-hydrogen) atoms. The van der Waals surface area contributed by atoms with Gasteiger partial charge in [0, 0.05) is 17.8 Å². The molecule has 0 spiro atoms. The summed E-state index contributed by atoms with van der Waals surface area (Å²) in [5, 5.41) is 9.05. The molecule has 0 radical (unpaired) electrons. The highest BCUT2D eigenvalue weighted by Gasteiger charge is 2.32. The number of rotatable bonds is 6. The summed E-state index contributed by atoms with van der Waals surface area (Å²) in [4.78, 5) is 8.34. The topological polar surface area (TPSA) is 58.8 Å². The molecule has 0 aliphatic heterocycles. The van der Waals surface area contributed by atoms with E-state index in [1.54, 1.807) is 18.5 Å². The predicted octanol–water partition coefficient (Wildman–Crippen LogP) is 4.89. The van der Waals surface area contributed by atoms with Crippen LogP contribution >= 0.6 is 0 Å². The standard InChI is InChI=1S/C23H23N3O/c1-17(2)23(3,19-7-5-18(15-24)6-8-19)20-9-11-21(12-10-20)27-16-22-25-13-4-14-26-22/h4-14,17H,16H2,1-3H3. The molecule has 136 valence electrons. The average Bonchev–Trinajstić information content (AvgIpc) is 2.72. The lowest BCUT2D eigenvalue weighted by atomic mass is 9.68. The fraction of sp³-hybridized carbons (Fsp3) is 0.261. The van der Waals surface area contributed by atoms with Gasteiger partial charge in [-0.3, -0.25) is 0 Å². The molecule has 0 aliphatic carbocycles. The van der Waals surface area contributed by atoms with Crippen molar-refractivity contribution in [2.45, 2.75) is 32.8 Å². The van der Waals surface area contributed by atoms with Gasteiger partial charge in [0.2, 0.25) is 0 Å². The van der Waals surface area contributed by atoms with Gasteiger partial charge >= 0.3 is 0 Å². The molecule has 3 rings (SSSR count). The van der Waals surface area contributed by atoms with Crippen molar-refractivity contribution >= 4 is 0 Å². The number of hydrogen-bond acceptors (Lipinski definition) is 4. The number of nitrogens with zero attached hydrogens (tertiary/aromatic N) is 3. The van der Waals surface area contributed by atoms with Gasteiger partial charge in [0.05, 0.1) is 11.6 Å². The number of nitriles is 1. The second-order valence-corrected chi connectivity index (χ2v) is 7.02. The molecule has 0 fully saturated rings. The minimum atomic E-state index is -0.158. The van der Waals surface area contributed by atoms with E-state index < -0.39 is 0 Å². The smallest absolute Gasteiger partial charge is 0.166 e. The minimum absolute atomic E-state index is 0.158. The van der Waals surface area contributed by atoms with Crippen molar-refractivity contribution in [2.24, 2.45) is 5.92 Å². The van der Waals surface area contributed by atoms with Gasteiger partial charge in [-0.2, -0.15) is 5.26 Å². The van der Waals surface area contributed by atoms with Crippen LogP contribution in [0.25, 0.3) is 0 Å². The molecular formula is C23H23N3O. The Morgan fingerprint density at radius 3 is 2.04 bits per heavy atom. The summed E-state index contributed by atoms with van der Waals surface area (Å²) in [6.07, 6.45) is 3.42. The average molecular weight is 357 g/mol. The number of ether oxygens (including phenoxy) is 1. The number of aromatic nitrogens is 2. The van der Waals surface area contributed by atoms with Crippen molar-refractivity contribution < 1.29 is 4.74 Å². The molecule has 1 atom stereocenters. The lowest BCUT2D eigenvalue weighted by Gasteiger charge is -2.35. The largest absolute Gasteiger partial charge is 0.486 e. The number of hydrogen-bond donors (Lipinski definition) is 0. The highest BCUT2D eigenvalue weighted by atomic mass is 16.5. The first-order chi connectivity index (χ1) is 13.0. The highest BCUT2D eigenvalue weighted by molar-refractivity contribution is 5.43. The summed E-state index contributed by atoms with van der Waals surface area (Å²) in [6.45, 7) is 7.02. The fourth-order valence-corrected chi connectivity index (χ4v) is 3.17. The van der Waals surface area contributed by atoms with Gasteiger partial charge in [0.25, 0.3) is 0 Å². The third-order valence-electron chi connectivity index (χ3n) is 5.21. The Hall–Kier alpha value is -3.19. The van der Waals surface area contributed by atoms with Gasteiger partial charge in [-0.15, -0.1) is 0 Å². The molecule has 3 aromatic rings. The summed E-state index contributed by atoms with van der Waals surface area (Å²) < 4.78 is 5.80. The van der Waals surface area contributed by atoms with Crippen LogP contribution in [0, 0.1) is 17.2 Å². The summed E-state index contributed by atoms with van der Waals surface area (Å²) in [7, 11) is 0. The van der Waals surface area contributed by atoms with E-state index in [2.05, 4.69) is 61.1 Å². The van der Waals surface area contributed by atoms with Crippen LogP contribution in [0.15, 0.2) is 67.0 Å². The zero-order valence-corrected chi connectivity index (χ0v) is 15.9. The van der Waals surface area contributed by atoms with Gasteiger partial charge in [-0.1, -0.05) is 45.0 Å². The molecule has 1 heterocycles. The van der Waals surface area contributed by atoms with Crippen molar-refractivity contribution in [3.8, 4) is 11.8 Å². The Morgan fingerprint density at radius 1 is 0.963 bits per heavy atom. The molecule has 0 N–H and O–H groups in total. The normalized spacial score (nSPS) is 13.0. The Balaban J connectivity index is 1.82. The van der Waals surface area contributed by atoms with Crippen molar-refractivity contribution in [3.05, 3.63) is 89.5 Å². The van der Waals surface area contributed by atoms with Crippen LogP contribution in [0.4, 0.5) is 0 Å². The molecule has 0 amide bonds. The molecule has 4 heteroatoms. The molecular weight excluding hydrogens is 334 g/mol. The lowest BCUT2D eigenvalue weighted by molar-refractivity contribution is 0.295. The summed E-state index contributed by atoms with van der Waals surface area (Å²) >= 11 is 0. The molecule has 0 aliphatic rings. The Morgan fingerprint density at radius 2 is 1.52 bits per heavy atom. The van der Waals surface area contributed by atoms with E-state index in [4.69, 9.17) is 10.00 Å². The van der Waals surface area contributed by atoms with E-state index in [-0.39, 0.29) is 5.41 Å². The van der Waals surface area contributed by atoms with Crippen LogP contribution in [-0.4, -0.2) is 9.97 Å². The Labute approximate surface area is 160 Å². The van der Waals surface area contributed by atoms with E-state index in [0.717, 1.165) is 5.75 Å². The maximum absolute atomic E-state index is 9.05. The molecule has 0 bridgehead atoms. The number of benzene rings is 2. The summed E-state index contributed by atoms with van der Waals surface area (Å²) in [5.74, 6) is 1.83. The Kier molecular flexibility index (Phi) is 5.52. The maximum atomic E-state index is 9.05. The van der Waals surface area contributed by atoms with Crippen molar-refractivity contribution in [3.63, 3.8) is 0 Å². The third kappa shape index (κ3) is 3.98. The van der Waals surface area contributed by atoms with E-state index in [9.17, 15) is 0 Å². The van der Waals surface area contributed by atoms with Crippen LogP contribution in [0.1, 0.15) is 43.3 Å². The minimum Gasteiger partial charge on any atom is -0.486 e. The van der Waals surface area contributed by atoms with Crippen molar-refractivity contribution in [2.75, 3.05) is 0 Å². The molecule has 4 nitrogen and oxygen atoms in total. The van der Waals surface area contributed by atoms with Crippen LogP contribution in [0.5, 0.6) is 5.75 Å². The van der Waals surface area contributed by atoms with Crippen LogP contribution in [-0.2, 0) is 12.0 Å². The van der Waals surface area contributed by atoms with E-state index in [0.29, 0.717) is 23.9 Å². The van der Waals surface area contributed by atoms with Gasteiger partial charge in [-0.25, -0.2) is 9.97 Å². The van der Waals surface area contributed by atoms with Gasteiger partial charge in [-0.05, 0) is 47.4 Å². The summed E-state index contributed by atoms with van der Waals surface area (Å²) in [6, 6.07) is 20.0. The zero-order valence-electron chi connectivity index (χ0n) is 15.9. The van der Waals surface area contributed by atoms with Crippen LogP contribution < -0.4 is 4.74 Å². The Bertz CT molecular complexity index is 913. The summed E-state index contributed by atoms with van der Waals surface area (Å²) in [5.41, 5.74) is 2.93.